The molecule has 2 rings (SSSR count). The van der Waals surface area contributed by atoms with Gasteiger partial charge in [-0.05, 0) is 25.0 Å². The van der Waals surface area contributed by atoms with Crippen molar-refractivity contribution in [3.8, 4) is 6.07 Å². The van der Waals surface area contributed by atoms with Gasteiger partial charge < -0.3 is 10.0 Å². The van der Waals surface area contributed by atoms with Gasteiger partial charge in [0.25, 0.3) is 0 Å². The van der Waals surface area contributed by atoms with Crippen molar-refractivity contribution in [3.63, 3.8) is 0 Å². The smallest absolute Gasteiger partial charge is 0.183 e. The molecule has 1 heterocycles. The van der Waals surface area contributed by atoms with E-state index in [1.807, 2.05) is 0 Å². The molecule has 19 heavy (non-hydrogen) atoms. The summed E-state index contributed by atoms with van der Waals surface area (Å²) >= 11 is 0. The summed E-state index contributed by atoms with van der Waals surface area (Å²) in [5.41, 5.74) is -0.158. The SMILES string of the molecule is N#Cc1ccc(N2CCCCCC2CO)c(F)c1F. The van der Waals surface area contributed by atoms with Crippen LogP contribution in [-0.2, 0) is 0 Å². The van der Waals surface area contributed by atoms with Crippen LogP contribution in [0.4, 0.5) is 14.5 Å². The van der Waals surface area contributed by atoms with Crippen molar-refractivity contribution in [3.05, 3.63) is 29.3 Å². The van der Waals surface area contributed by atoms with Gasteiger partial charge in [0.05, 0.1) is 23.9 Å². The zero-order valence-corrected chi connectivity index (χ0v) is 10.6. The third kappa shape index (κ3) is 2.69. The number of aliphatic hydroxyl groups excluding tert-OH is 1. The minimum absolute atomic E-state index is 0.0823. The molecule has 1 aromatic carbocycles. The molecule has 5 heteroatoms. The largest absolute Gasteiger partial charge is 0.394 e. The van der Waals surface area contributed by atoms with E-state index >= 15 is 0 Å². The first-order valence-electron chi connectivity index (χ1n) is 6.44. The lowest BCUT2D eigenvalue weighted by Crippen LogP contribution is -2.38. The molecule has 0 aliphatic carbocycles. The fourth-order valence-corrected chi connectivity index (χ4v) is 2.53. The van der Waals surface area contributed by atoms with Crippen molar-refractivity contribution < 1.29 is 13.9 Å². The topological polar surface area (TPSA) is 47.3 Å². The van der Waals surface area contributed by atoms with Crippen LogP contribution in [0.3, 0.4) is 0 Å². The molecule has 1 N–H and O–H groups in total. The highest BCUT2D eigenvalue weighted by Crippen LogP contribution is 2.29. The van der Waals surface area contributed by atoms with E-state index in [9.17, 15) is 13.9 Å². The van der Waals surface area contributed by atoms with Crippen LogP contribution >= 0.6 is 0 Å². The quantitative estimate of drug-likeness (QED) is 0.895. The third-order valence-corrected chi connectivity index (χ3v) is 3.58. The molecule has 3 nitrogen and oxygen atoms in total. The third-order valence-electron chi connectivity index (χ3n) is 3.58. The van der Waals surface area contributed by atoms with Gasteiger partial charge in [-0.2, -0.15) is 5.26 Å². The summed E-state index contributed by atoms with van der Waals surface area (Å²) in [6, 6.07) is 4.14. The molecule has 0 spiro atoms. The van der Waals surface area contributed by atoms with Crippen molar-refractivity contribution >= 4 is 5.69 Å². The van der Waals surface area contributed by atoms with E-state index in [1.165, 1.54) is 12.1 Å². The lowest BCUT2D eigenvalue weighted by molar-refractivity contribution is 0.254. The molecule has 1 unspecified atom stereocenters. The Balaban J connectivity index is 2.39. The Bertz CT molecular complexity index is 499. The first-order valence-corrected chi connectivity index (χ1v) is 6.44. The summed E-state index contributed by atoms with van der Waals surface area (Å²) in [7, 11) is 0. The molecule has 1 fully saturated rings. The Kier molecular flexibility index (Phi) is 4.33. The zero-order chi connectivity index (χ0) is 13.8. The summed E-state index contributed by atoms with van der Waals surface area (Å²) in [5.74, 6) is -2.11. The summed E-state index contributed by atoms with van der Waals surface area (Å²) < 4.78 is 27.7. The summed E-state index contributed by atoms with van der Waals surface area (Å²) in [6.45, 7) is 0.508. The molecule has 1 aromatic rings. The minimum atomic E-state index is -1.11. The van der Waals surface area contributed by atoms with Crippen LogP contribution in [0.15, 0.2) is 12.1 Å². The predicted octanol–water partition coefficient (Wildman–Crippen LogP) is 2.58. The molecule has 1 aliphatic rings. The molecule has 1 atom stereocenters. The van der Waals surface area contributed by atoms with Crippen LogP contribution in [0.5, 0.6) is 0 Å². The lowest BCUT2D eigenvalue weighted by Gasteiger charge is -2.31. The molecule has 0 bridgehead atoms. The second-order valence-electron chi connectivity index (χ2n) is 4.75. The maximum absolute atomic E-state index is 14.0. The number of hydrogen-bond donors (Lipinski definition) is 1. The molecule has 102 valence electrons. The summed E-state index contributed by atoms with van der Waals surface area (Å²) in [6.07, 6.45) is 3.64. The van der Waals surface area contributed by atoms with Crippen LogP contribution in [0, 0.1) is 23.0 Å². The Morgan fingerprint density at radius 3 is 2.74 bits per heavy atom. The van der Waals surface area contributed by atoms with Crippen LogP contribution < -0.4 is 4.90 Å². The summed E-state index contributed by atoms with van der Waals surface area (Å²) in [4.78, 5) is 1.71. The van der Waals surface area contributed by atoms with E-state index in [2.05, 4.69) is 0 Å². The van der Waals surface area contributed by atoms with E-state index < -0.39 is 11.6 Å². The number of hydrogen-bond acceptors (Lipinski definition) is 3. The molecule has 0 aromatic heterocycles. The monoisotopic (exact) mass is 266 g/mol. The standard InChI is InChI=1S/C14H16F2N2O/c15-13-10(8-17)5-6-12(14(13)16)18-7-3-1-2-4-11(18)9-19/h5-6,11,19H,1-4,7,9H2. The first kappa shape index (κ1) is 13.8. The van der Waals surface area contributed by atoms with Gasteiger partial charge in [-0.25, -0.2) is 8.78 Å². The highest BCUT2D eigenvalue weighted by Gasteiger charge is 2.25. The van der Waals surface area contributed by atoms with Gasteiger partial charge >= 0.3 is 0 Å². The molecular formula is C14H16F2N2O. The summed E-state index contributed by atoms with van der Waals surface area (Å²) in [5, 5.41) is 18.1. The van der Waals surface area contributed by atoms with E-state index in [-0.39, 0.29) is 23.9 Å². The number of nitrogens with zero attached hydrogens (tertiary/aromatic N) is 2. The zero-order valence-electron chi connectivity index (χ0n) is 10.6. The molecule has 1 aliphatic heterocycles. The van der Waals surface area contributed by atoms with Crippen molar-refractivity contribution in [2.75, 3.05) is 18.1 Å². The second kappa shape index (κ2) is 5.98. The molecule has 1 saturated heterocycles. The molecular weight excluding hydrogens is 250 g/mol. The van der Waals surface area contributed by atoms with Crippen molar-refractivity contribution in [2.24, 2.45) is 0 Å². The Morgan fingerprint density at radius 1 is 1.26 bits per heavy atom. The van der Waals surface area contributed by atoms with Gasteiger partial charge in [0.15, 0.2) is 11.6 Å². The lowest BCUT2D eigenvalue weighted by atomic mass is 10.1. The number of rotatable bonds is 2. The molecule has 0 amide bonds. The number of benzene rings is 1. The Morgan fingerprint density at radius 2 is 2.05 bits per heavy atom. The van der Waals surface area contributed by atoms with Crippen LogP contribution in [0.25, 0.3) is 0 Å². The average molecular weight is 266 g/mol. The van der Waals surface area contributed by atoms with Crippen LogP contribution in [0.1, 0.15) is 31.2 Å². The van der Waals surface area contributed by atoms with E-state index in [0.717, 1.165) is 25.7 Å². The number of anilines is 1. The molecule has 0 saturated carbocycles. The van der Waals surface area contributed by atoms with Crippen molar-refractivity contribution in [2.45, 2.75) is 31.7 Å². The minimum Gasteiger partial charge on any atom is -0.394 e. The fourth-order valence-electron chi connectivity index (χ4n) is 2.53. The Hall–Kier alpha value is -1.67. The molecule has 0 radical (unpaired) electrons. The van der Waals surface area contributed by atoms with Gasteiger partial charge in [0, 0.05) is 6.54 Å². The van der Waals surface area contributed by atoms with E-state index in [1.54, 1.807) is 11.0 Å². The van der Waals surface area contributed by atoms with Crippen LogP contribution in [0.2, 0.25) is 0 Å². The van der Waals surface area contributed by atoms with E-state index in [4.69, 9.17) is 5.26 Å². The van der Waals surface area contributed by atoms with Gasteiger partial charge in [0.1, 0.15) is 6.07 Å². The van der Waals surface area contributed by atoms with Gasteiger partial charge in [-0.15, -0.1) is 0 Å². The number of aliphatic hydroxyl groups is 1. The van der Waals surface area contributed by atoms with Gasteiger partial charge in [0.2, 0.25) is 0 Å². The predicted molar refractivity (Wildman–Crippen MR) is 67.8 cm³/mol. The van der Waals surface area contributed by atoms with Crippen molar-refractivity contribution in [1.29, 1.82) is 5.26 Å². The van der Waals surface area contributed by atoms with E-state index in [0.29, 0.717) is 6.54 Å². The van der Waals surface area contributed by atoms with Gasteiger partial charge in [-0.1, -0.05) is 12.8 Å². The maximum Gasteiger partial charge on any atom is 0.183 e. The fraction of sp³-hybridized carbons (Fsp3) is 0.500. The van der Waals surface area contributed by atoms with Crippen LogP contribution in [-0.4, -0.2) is 24.3 Å². The van der Waals surface area contributed by atoms with Crippen molar-refractivity contribution in [1.82, 2.24) is 0 Å². The first-order chi connectivity index (χ1) is 9.19. The Labute approximate surface area is 111 Å². The highest BCUT2D eigenvalue weighted by atomic mass is 19.2. The number of nitriles is 1. The number of halogens is 2. The van der Waals surface area contributed by atoms with Gasteiger partial charge in [-0.3, -0.25) is 0 Å². The normalized spacial score (nSPS) is 19.9. The second-order valence-corrected chi connectivity index (χ2v) is 4.75. The highest BCUT2D eigenvalue weighted by molar-refractivity contribution is 5.53. The average Bonchev–Trinajstić information content (AvgIpc) is 2.67. The maximum atomic E-state index is 14.0.